The topological polar surface area (TPSA) is 61.8 Å². The number of phenolic OH excluding ortho intramolecular Hbond substituents is 1. The molecule has 1 unspecified atom stereocenters. The molecule has 1 aromatic carbocycles. The van der Waals surface area contributed by atoms with Gasteiger partial charge in [0.25, 0.3) is 0 Å². The molecular formula is C16H24N2O3. The minimum absolute atomic E-state index is 0.197. The van der Waals surface area contributed by atoms with Crippen LogP contribution in [-0.4, -0.2) is 48.8 Å². The van der Waals surface area contributed by atoms with Crippen molar-refractivity contribution < 1.29 is 14.6 Å². The number of carbonyl (C=O) groups excluding carboxylic acids is 1. The fourth-order valence-corrected chi connectivity index (χ4v) is 2.78. The normalized spacial score (nSPS) is 19.5. The minimum atomic E-state index is -0.824. The first-order chi connectivity index (χ1) is 10.1. The van der Waals surface area contributed by atoms with Crippen molar-refractivity contribution in [3.8, 4) is 5.75 Å². The Morgan fingerprint density at radius 3 is 2.71 bits per heavy atom. The van der Waals surface area contributed by atoms with Crippen LogP contribution in [0.3, 0.4) is 0 Å². The van der Waals surface area contributed by atoms with Crippen molar-refractivity contribution in [2.45, 2.75) is 25.8 Å². The van der Waals surface area contributed by atoms with Gasteiger partial charge < -0.3 is 15.2 Å². The van der Waals surface area contributed by atoms with Gasteiger partial charge in [-0.05, 0) is 44.5 Å². The van der Waals surface area contributed by atoms with E-state index in [-0.39, 0.29) is 11.7 Å². The van der Waals surface area contributed by atoms with E-state index in [0.29, 0.717) is 6.61 Å². The van der Waals surface area contributed by atoms with Crippen molar-refractivity contribution in [1.29, 1.82) is 0 Å². The van der Waals surface area contributed by atoms with Crippen LogP contribution in [0.25, 0.3) is 0 Å². The second-order valence-electron chi connectivity index (χ2n) is 5.43. The quantitative estimate of drug-likeness (QED) is 0.823. The van der Waals surface area contributed by atoms with Crippen LogP contribution in [0.1, 0.15) is 25.8 Å². The van der Waals surface area contributed by atoms with Crippen molar-refractivity contribution in [2.24, 2.45) is 0 Å². The smallest absolute Gasteiger partial charge is 0.330 e. The first kappa shape index (κ1) is 15.8. The third kappa shape index (κ3) is 3.36. The maximum Gasteiger partial charge on any atom is 0.330 e. The number of nitrogens with zero attached hydrogens (tertiary/aromatic N) is 1. The molecule has 0 spiro atoms. The number of benzene rings is 1. The molecule has 0 aromatic heterocycles. The van der Waals surface area contributed by atoms with Crippen LogP contribution in [0, 0.1) is 0 Å². The Bertz CT molecular complexity index is 467. The summed E-state index contributed by atoms with van der Waals surface area (Å²) in [6, 6.07) is 6.82. The minimum Gasteiger partial charge on any atom is -0.508 e. The Kier molecular flexibility index (Phi) is 5.20. The number of hydrogen-bond acceptors (Lipinski definition) is 5. The maximum absolute atomic E-state index is 12.6. The lowest BCUT2D eigenvalue weighted by Gasteiger charge is -2.38. The van der Waals surface area contributed by atoms with Gasteiger partial charge in [-0.15, -0.1) is 0 Å². The first-order valence-corrected chi connectivity index (χ1v) is 7.51. The molecule has 2 N–H and O–H groups in total. The summed E-state index contributed by atoms with van der Waals surface area (Å²) >= 11 is 0. The molecule has 1 heterocycles. The van der Waals surface area contributed by atoms with Crippen LogP contribution in [0.5, 0.6) is 5.75 Å². The van der Waals surface area contributed by atoms with E-state index in [0.717, 1.165) is 38.2 Å². The lowest BCUT2D eigenvalue weighted by molar-refractivity contribution is -0.157. The van der Waals surface area contributed by atoms with Gasteiger partial charge in [0.2, 0.25) is 0 Å². The molecule has 1 aliphatic heterocycles. The number of hydrogen-bond donors (Lipinski definition) is 2. The highest BCUT2D eigenvalue weighted by Crippen LogP contribution is 2.31. The Hall–Kier alpha value is -1.59. The second kappa shape index (κ2) is 6.91. The summed E-state index contributed by atoms with van der Waals surface area (Å²) in [6.07, 6.45) is 0.993. The fraction of sp³-hybridized carbons (Fsp3) is 0.562. The van der Waals surface area contributed by atoms with Gasteiger partial charge in [-0.2, -0.15) is 0 Å². The van der Waals surface area contributed by atoms with E-state index in [2.05, 4.69) is 10.2 Å². The van der Waals surface area contributed by atoms with Gasteiger partial charge in [0.1, 0.15) is 11.3 Å². The summed E-state index contributed by atoms with van der Waals surface area (Å²) in [5.41, 5.74) is 0.0241. The van der Waals surface area contributed by atoms with E-state index in [1.165, 1.54) is 0 Å². The number of aromatic hydroxyl groups is 1. The van der Waals surface area contributed by atoms with E-state index in [9.17, 15) is 9.90 Å². The molecule has 1 aromatic rings. The zero-order valence-corrected chi connectivity index (χ0v) is 12.8. The number of rotatable bonds is 4. The Labute approximate surface area is 125 Å². The number of carbonyl (C=O) groups is 1. The number of esters is 1. The Morgan fingerprint density at radius 1 is 1.33 bits per heavy atom. The molecule has 1 fully saturated rings. The predicted octanol–water partition coefficient (Wildman–Crippen LogP) is 1.47. The summed E-state index contributed by atoms with van der Waals surface area (Å²) in [6.45, 7) is 7.53. The zero-order valence-electron chi connectivity index (χ0n) is 12.8. The highest BCUT2D eigenvalue weighted by molar-refractivity contribution is 5.82. The summed E-state index contributed by atoms with van der Waals surface area (Å²) in [5.74, 6) is -0.0416. The van der Waals surface area contributed by atoms with Gasteiger partial charge in [-0.3, -0.25) is 4.90 Å². The molecule has 0 amide bonds. The van der Waals surface area contributed by atoms with Gasteiger partial charge in [0, 0.05) is 19.6 Å². The average Bonchev–Trinajstić information content (AvgIpc) is 2.77. The van der Waals surface area contributed by atoms with E-state index in [4.69, 9.17) is 4.74 Å². The number of phenols is 1. The molecule has 1 atom stereocenters. The third-order valence-corrected chi connectivity index (χ3v) is 4.07. The van der Waals surface area contributed by atoms with Crippen LogP contribution in [-0.2, 0) is 15.1 Å². The predicted molar refractivity (Wildman–Crippen MR) is 81.2 cm³/mol. The summed E-state index contributed by atoms with van der Waals surface area (Å²) in [5, 5.41) is 12.8. The van der Waals surface area contributed by atoms with Crippen molar-refractivity contribution >= 4 is 5.97 Å². The standard InChI is InChI=1S/C16H24N2O3/c1-3-21-15(20)16(2,13-5-7-14(19)8-6-13)18-11-4-9-17-10-12-18/h5-8,17,19H,3-4,9-12H2,1-2H3. The molecule has 0 saturated carbocycles. The third-order valence-electron chi connectivity index (χ3n) is 4.07. The lowest BCUT2D eigenvalue weighted by atomic mass is 9.89. The molecular weight excluding hydrogens is 268 g/mol. The van der Waals surface area contributed by atoms with Crippen molar-refractivity contribution in [1.82, 2.24) is 10.2 Å². The highest BCUT2D eigenvalue weighted by Gasteiger charge is 2.42. The van der Waals surface area contributed by atoms with E-state index >= 15 is 0 Å². The second-order valence-corrected chi connectivity index (χ2v) is 5.43. The van der Waals surface area contributed by atoms with E-state index in [1.807, 2.05) is 13.8 Å². The molecule has 0 radical (unpaired) electrons. The number of ether oxygens (including phenoxy) is 1. The van der Waals surface area contributed by atoms with Crippen LogP contribution < -0.4 is 5.32 Å². The summed E-state index contributed by atoms with van der Waals surface area (Å²) < 4.78 is 5.32. The Balaban J connectivity index is 2.37. The molecule has 5 heteroatoms. The lowest BCUT2D eigenvalue weighted by Crippen LogP contribution is -2.52. The van der Waals surface area contributed by atoms with Crippen LogP contribution in [0.2, 0.25) is 0 Å². The van der Waals surface area contributed by atoms with Crippen molar-refractivity contribution in [3.63, 3.8) is 0 Å². The molecule has 0 aliphatic carbocycles. The zero-order chi connectivity index (χ0) is 15.3. The van der Waals surface area contributed by atoms with E-state index < -0.39 is 5.54 Å². The molecule has 2 rings (SSSR count). The molecule has 1 aliphatic rings. The maximum atomic E-state index is 12.6. The summed E-state index contributed by atoms with van der Waals surface area (Å²) in [4.78, 5) is 14.8. The van der Waals surface area contributed by atoms with Gasteiger partial charge in [0.05, 0.1) is 6.61 Å². The average molecular weight is 292 g/mol. The Morgan fingerprint density at radius 2 is 2.05 bits per heavy atom. The fourth-order valence-electron chi connectivity index (χ4n) is 2.78. The van der Waals surface area contributed by atoms with Gasteiger partial charge in [-0.1, -0.05) is 12.1 Å². The van der Waals surface area contributed by atoms with Crippen molar-refractivity contribution in [3.05, 3.63) is 29.8 Å². The van der Waals surface area contributed by atoms with Gasteiger partial charge in [-0.25, -0.2) is 4.79 Å². The number of nitrogens with one attached hydrogen (secondary N) is 1. The molecule has 116 valence electrons. The molecule has 21 heavy (non-hydrogen) atoms. The van der Waals surface area contributed by atoms with Crippen LogP contribution in [0.15, 0.2) is 24.3 Å². The highest BCUT2D eigenvalue weighted by atomic mass is 16.5. The first-order valence-electron chi connectivity index (χ1n) is 7.51. The molecule has 0 bridgehead atoms. The molecule has 5 nitrogen and oxygen atoms in total. The van der Waals surface area contributed by atoms with Gasteiger partial charge >= 0.3 is 5.97 Å². The SMILES string of the molecule is CCOC(=O)C(C)(c1ccc(O)cc1)N1CCCNCC1. The monoisotopic (exact) mass is 292 g/mol. The largest absolute Gasteiger partial charge is 0.508 e. The van der Waals surface area contributed by atoms with Gasteiger partial charge in [0.15, 0.2) is 0 Å². The van der Waals surface area contributed by atoms with Crippen LogP contribution >= 0.6 is 0 Å². The van der Waals surface area contributed by atoms with Crippen LogP contribution in [0.4, 0.5) is 0 Å². The van der Waals surface area contributed by atoms with Crippen molar-refractivity contribution in [2.75, 3.05) is 32.8 Å². The van der Waals surface area contributed by atoms with E-state index in [1.54, 1.807) is 24.3 Å². The summed E-state index contributed by atoms with van der Waals surface area (Å²) in [7, 11) is 0. The molecule has 1 saturated heterocycles.